The summed E-state index contributed by atoms with van der Waals surface area (Å²) in [7, 11) is -4.42. The van der Waals surface area contributed by atoms with Gasteiger partial charge in [-0.3, -0.25) is 18.6 Å². The van der Waals surface area contributed by atoms with Crippen molar-refractivity contribution >= 4 is 19.7 Å². The van der Waals surface area contributed by atoms with Crippen LogP contribution in [0, 0.1) is 0 Å². The topological polar surface area (TPSA) is 131 Å². The van der Waals surface area contributed by atoms with Gasteiger partial charge in [-0.15, -0.1) is 0 Å². The molecule has 0 spiro atoms. The van der Waals surface area contributed by atoms with E-state index in [1.165, 1.54) is 38.5 Å². The Morgan fingerprint density at radius 3 is 1.68 bits per heavy atom. The van der Waals surface area contributed by atoms with Gasteiger partial charge in [-0.05, 0) is 70.6 Å². The number of hydrogen-bond acceptors (Lipinski definition) is 7. The smallest absolute Gasteiger partial charge is 0.463 e. The molecule has 0 saturated heterocycles. The molecule has 0 aliphatic carbocycles. The van der Waals surface area contributed by atoms with Crippen LogP contribution in [0.3, 0.4) is 0 Å². The summed E-state index contributed by atoms with van der Waals surface area (Å²) in [5.41, 5.74) is 0. The first-order chi connectivity index (χ1) is 24.3. The molecule has 0 saturated carbocycles. The SMILES string of the molecule is CCC/C=C\C/C=C\CCCCCCCC(=O)NCCOP(=O)(O)OCC(O)COC(=O)CCCCCCC/C=C\C/C=C\CCCCCC. The van der Waals surface area contributed by atoms with E-state index in [9.17, 15) is 24.2 Å². The predicted octanol–water partition coefficient (Wildman–Crippen LogP) is 10.4. The van der Waals surface area contributed by atoms with Crippen LogP contribution in [0.2, 0.25) is 0 Å². The molecule has 0 aliphatic rings. The van der Waals surface area contributed by atoms with Crippen molar-refractivity contribution in [2.75, 3.05) is 26.4 Å². The number of allylic oxidation sites excluding steroid dienone is 8. The number of hydrogen-bond donors (Lipinski definition) is 3. The van der Waals surface area contributed by atoms with Gasteiger partial charge >= 0.3 is 13.8 Å². The van der Waals surface area contributed by atoms with Crippen LogP contribution in [0.1, 0.15) is 162 Å². The Morgan fingerprint density at radius 2 is 1.12 bits per heavy atom. The van der Waals surface area contributed by atoms with E-state index in [1.54, 1.807) is 0 Å². The summed E-state index contributed by atoms with van der Waals surface area (Å²) >= 11 is 0. The van der Waals surface area contributed by atoms with E-state index in [4.69, 9.17) is 13.8 Å². The second kappa shape index (κ2) is 36.8. The average Bonchev–Trinajstić information content (AvgIpc) is 3.10. The largest absolute Gasteiger partial charge is 0.472 e. The van der Waals surface area contributed by atoms with Crippen molar-refractivity contribution in [1.29, 1.82) is 0 Å². The Bertz CT molecular complexity index is 965. The molecule has 3 N–H and O–H groups in total. The second-order valence-corrected chi connectivity index (χ2v) is 14.3. The van der Waals surface area contributed by atoms with Crippen LogP contribution in [0.25, 0.3) is 0 Å². The van der Waals surface area contributed by atoms with Crippen molar-refractivity contribution in [3.63, 3.8) is 0 Å². The van der Waals surface area contributed by atoms with Crippen molar-refractivity contribution in [3.8, 4) is 0 Å². The zero-order valence-electron chi connectivity index (χ0n) is 31.6. The molecule has 0 bridgehead atoms. The number of phosphoric ester groups is 1. The van der Waals surface area contributed by atoms with E-state index in [1.807, 2.05) is 0 Å². The van der Waals surface area contributed by atoms with Crippen LogP contribution in [0.5, 0.6) is 0 Å². The van der Waals surface area contributed by atoms with Gasteiger partial charge < -0.3 is 20.1 Å². The molecule has 9 nitrogen and oxygen atoms in total. The first-order valence-electron chi connectivity index (χ1n) is 19.6. The summed E-state index contributed by atoms with van der Waals surface area (Å²) in [4.78, 5) is 33.8. The van der Waals surface area contributed by atoms with Gasteiger partial charge in [0.15, 0.2) is 0 Å². The fourth-order valence-corrected chi connectivity index (χ4v) is 5.73. The Balaban J connectivity index is 3.67. The number of aliphatic hydroxyl groups excluding tert-OH is 1. The Labute approximate surface area is 305 Å². The van der Waals surface area contributed by atoms with Crippen LogP contribution in [-0.4, -0.2) is 54.3 Å². The van der Waals surface area contributed by atoms with Gasteiger partial charge in [-0.2, -0.15) is 0 Å². The van der Waals surface area contributed by atoms with E-state index in [-0.39, 0.29) is 32.1 Å². The highest BCUT2D eigenvalue weighted by atomic mass is 31.2. The quantitative estimate of drug-likeness (QED) is 0.0252. The first kappa shape index (κ1) is 48.0. The summed E-state index contributed by atoms with van der Waals surface area (Å²) in [5, 5.41) is 12.6. The lowest BCUT2D eigenvalue weighted by Crippen LogP contribution is -2.27. The van der Waals surface area contributed by atoms with Crippen molar-refractivity contribution in [3.05, 3.63) is 48.6 Å². The number of carbonyl (C=O) groups excluding carboxylic acids is 2. The van der Waals surface area contributed by atoms with Crippen molar-refractivity contribution < 1.29 is 37.9 Å². The average molecular weight is 726 g/mol. The highest BCUT2D eigenvalue weighted by Crippen LogP contribution is 2.42. The summed E-state index contributed by atoms with van der Waals surface area (Å²) in [6.45, 7) is 3.42. The number of phosphoric acid groups is 1. The van der Waals surface area contributed by atoms with Gasteiger partial charge in [0, 0.05) is 19.4 Å². The molecule has 0 fully saturated rings. The number of ether oxygens (including phenoxy) is 1. The number of nitrogens with one attached hydrogen (secondary N) is 1. The lowest BCUT2D eigenvalue weighted by Gasteiger charge is -2.15. The molecule has 0 radical (unpaired) electrons. The highest BCUT2D eigenvalue weighted by molar-refractivity contribution is 7.47. The van der Waals surface area contributed by atoms with Crippen LogP contribution < -0.4 is 5.32 Å². The normalized spacial score (nSPS) is 13.9. The van der Waals surface area contributed by atoms with Crippen LogP contribution in [-0.2, 0) is 27.9 Å². The summed E-state index contributed by atoms with van der Waals surface area (Å²) in [6, 6.07) is 0. The maximum Gasteiger partial charge on any atom is 0.472 e. The Kier molecular flexibility index (Phi) is 35.3. The number of rotatable bonds is 36. The Morgan fingerprint density at radius 1 is 0.620 bits per heavy atom. The molecule has 0 rings (SSSR count). The molecule has 2 unspecified atom stereocenters. The minimum Gasteiger partial charge on any atom is -0.463 e. The molecule has 0 heterocycles. The molecule has 2 atom stereocenters. The van der Waals surface area contributed by atoms with Crippen LogP contribution in [0.15, 0.2) is 48.6 Å². The number of unbranched alkanes of at least 4 members (excludes halogenated alkanes) is 15. The predicted molar refractivity (Wildman–Crippen MR) is 206 cm³/mol. The maximum atomic E-state index is 12.1. The molecule has 1 amide bonds. The lowest BCUT2D eigenvalue weighted by atomic mass is 10.1. The fourth-order valence-electron chi connectivity index (χ4n) is 4.98. The van der Waals surface area contributed by atoms with Gasteiger partial charge in [0.2, 0.25) is 5.91 Å². The van der Waals surface area contributed by atoms with E-state index in [0.717, 1.165) is 96.3 Å². The third-order valence-corrected chi connectivity index (χ3v) is 8.95. The lowest BCUT2D eigenvalue weighted by molar-refractivity contribution is -0.147. The molecule has 290 valence electrons. The van der Waals surface area contributed by atoms with Gasteiger partial charge in [0.05, 0.1) is 13.2 Å². The van der Waals surface area contributed by atoms with Gasteiger partial charge in [0.25, 0.3) is 0 Å². The van der Waals surface area contributed by atoms with Crippen molar-refractivity contribution in [2.45, 2.75) is 168 Å². The number of amides is 1. The standard InChI is InChI=1S/C40H72NO8P/c1-3-5-7-9-11-13-15-17-18-19-21-23-25-27-29-31-33-40(44)47-36-38(42)37-49-50(45,46)48-35-34-41-39(43)32-30-28-26-24-22-20-16-14-12-10-8-6-4-2/h8,10,13-16,18-19,38,42H,3-7,9,11-12,17,20-37H2,1-2H3,(H,41,43)(H,45,46)/b10-8-,15-13-,16-14-,19-18-. The molecular weight excluding hydrogens is 653 g/mol. The zero-order valence-corrected chi connectivity index (χ0v) is 32.5. The minimum atomic E-state index is -4.42. The minimum absolute atomic E-state index is 0.0705. The second-order valence-electron chi connectivity index (χ2n) is 12.9. The van der Waals surface area contributed by atoms with E-state index in [2.05, 4.69) is 67.8 Å². The van der Waals surface area contributed by atoms with Gasteiger partial charge in [0.1, 0.15) is 12.7 Å². The third-order valence-electron chi connectivity index (χ3n) is 7.96. The number of aliphatic hydroxyl groups is 1. The number of carbonyl (C=O) groups is 2. The molecule has 0 aromatic rings. The van der Waals surface area contributed by atoms with E-state index < -0.39 is 26.5 Å². The first-order valence-corrected chi connectivity index (χ1v) is 21.1. The number of esters is 1. The molecular formula is C40H72NO8P. The molecule has 0 aliphatic heterocycles. The van der Waals surface area contributed by atoms with Crippen LogP contribution >= 0.6 is 7.82 Å². The highest BCUT2D eigenvalue weighted by Gasteiger charge is 2.23. The van der Waals surface area contributed by atoms with Crippen molar-refractivity contribution in [1.82, 2.24) is 5.32 Å². The molecule has 10 heteroatoms. The summed E-state index contributed by atoms with van der Waals surface area (Å²) in [5.74, 6) is -0.549. The Hall–Kier alpha value is -2.03. The molecule has 50 heavy (non-hydrogen) atoms. The van der Waals surface area contributed by atoms with Gasteiger partial charge in [-0.25, -0.2) is 4.57 Å². The maximum absolute atomic E-state index is 12.1. The monoisotopic (exact) mass is 725 g/mol. The third kappa shape index (κ3) is 37.2. The van der Waals surface area contributed by atoms with Crippen LogP contribution in [0.4, 0.5) is 0 Å². The zero-order chi connectivity index (χ0) is 36.8. The van der Waals surface area contributed by atoms with Gasteiger partial charge in [-0.1, -0.05) is 127 Å². The van der Waals surface area contributed by atoms with E-state index >= 15 is 0 Å². The summed E-state index contributed by atoms with van der Waals surface area (Å²) < 4.78 is 26.8. The summed E-state index contributed by atoms with van der Waals surface area (Å²) in [6.07, 6.45) is 40.3. The van der Waals surface area contributed by atoms with E-state index in [0.29, 0.717) is 6.42 Å². The fraction of sp³-hybridized carbons (Fsp3) is 0.750. The molecule has 0 aromatic heterocycles. The van der Waals surface area contributed by atoms with Crippen molar-refractivity contribution in [2.24, 2.45) is 0 Å². The molecule has 0 aromatic carbocycles.